The minimum Gasteiger partial charge on any atom is -0.394 e. The van der Waals surface area contributed by atoms with Crippen molar-refractivity contribution in [2.24, 2.45) is 0 Å². The number of benzene rings is 1. The Morgan fingerprint density at radius 2 is 1.78 bits per heavy atom. The molecule has 5 nitrogen and oxygen atoms in total. The molecule has 0 amide bonds. The molecule has 6 heteroatoms. The molecule has 1 atom stereocenters. The highest BCUT2D eigenvalue weighted by Crippen LogP contribution is 2.17. The third kappa shape index (κ3) is 4.06. The molecular weight excluding hydrogens is 254 g/mol. The lowest BCUT2D eigenvalue weighted by atomic mass is 10.0. The van der Waals surface area contributed by atoms with E-state index >= 15 is 0 Å². The fourth-order valence-corrected chi connectivity index (χ4v) is 2.46. The SMILES string of the molecule is CC(C)c1ccc(S(=O)(=O)NCC(O)CO)cc1. The number of nitrogens with one attached hydrogen (secondary N) is 1. The largest absolute Gasteiger partial charge is 0.394 e. The predicted octanol–water partition coefficient (Wildman–Crippen LogP) is 0.442. The van der Waals surface area contributed by atoms with Crippen molar-refractivity contribution in [3.05, 3.63) is 29.8 Å². The summed E-state index contributed by atoms with van der Waals surface area (Å²) in [6, 6.07) is 6.59. The van der Waals surface area contributed by atoms with Crippen LogP contribution in [0, 0.1) is 0 Å². The summed E-state index contributed by atoms with van der Waals surface area (Å²) in [6.45, 7) is 3.37. The molecule has 102 valence electrons. The molecule has 0 heterocycles. The maximum atomic E-state index is 11.8. The van der Waals surface area contributed by atoms with Gasteiger partial charge < -0.3 is 10.2 Å². The lowest BCUT2D eigenvalue weighted by Gasteiger charge is -2.11. The van der Waals surface area contributed by atoms with Crippen molar-refractivity contribution in [2.75, 3.05) is 13.2 Å². The van der Waals surface area contributed by atoms with E-state index in [0.29, 0.717) is 5.92 Å². The summed E-state index contributed by atoms with van der Waals surface area (Å²) in [5.74, 6) is 0.339. The lowest BCUT2D eigenvalue weighted by Crippen LogP contribution is -2.33. The van der Waals surface area contributed by atoms with Crippen LogP contribution in [0.4, 0.5) is 0 Å². The summed E-state index contributed by atoms with van der Waals surface area (Å²) in [6.07, 6.45) is -1.09. The van der Waals surface area contributed by atoms with Crippen molar-refractivity contribution in [3.63, 3.8) is 0 Å². The van der Waals surface area contributed by atoms with Crippen molar-refractivity contribution in [1.29, 1.82) is 0 Å². The molecule has 1 aromatic rings. The Morgan fingerprint density at radius 1 is 1.22 bits per heavy atom. The highest BCUT2D eigenvalue weighted by atomic mass is 32.2. The van der Waals surface area contributed by atoms with Gasteiger partial charge in [-0.25, -0.2) is 13.1 Å². The van der Waals surface area contributed by atoms with E-state index in [0.717, 1.165) is 5.56 Å². The van der Waals surface area contributed by atoms with Gasteiger partial charge in [0.05, 0.1) is 17.6 Å². The fraction of sp³-hybridized carbons (Fsp3) is 0.500. The fourth-order valence-electron chi connectivity index (χ4n) is 1.39. The van der Waals surface area contributed by atoms with Crippen LogP contribution < -0.4 is 4.72 Å². The van der Waals surface area contributed by atoms with Gasteiger partial charge in [0, 0.05) is 6.54 Å². The Balaban J connectivity index is 2.79. The second kappa shape index (κ2) is 6.29. The Kier molecular flexibility index (Phi) is 5.28. The molecule has 0 saturated carbocycles. The topological polar surface area (TPSA) is 86.6 Å². The van der Waals surface area contributed by atoms with Crippen LogP contribution in [0.15, 0.2) is 29.2 Å². The first-order valence-electron chi connectivity index (χ1n) is 5.75. The second-order valence-electron chi connectivity index (χ2n) is 4.41. The van der Waals surface area contributed by atoms with E-state index in [1.54, 1.807) is 12.1 Å². The number of aliphatic hydroxyl groups excluding tert-OH is 2. The van der Waals surface area contributed by atoms with Gasteiger partial charge in [0.15, 0.2) is 0 Å². The van der Waals surface area contributed by atoms with Crippen LogP contribution in [-0.2, 0) is 10.0 Å². The average molecular weight is 273 g/mol. The lowest BCUT2D eigenvalue weighted by molar-refractivity contribution is 0.0988. The van der Waals surface area contributed by atoms with Gasteiger partial charge >= 0.3 is 0 Å². The summed E-state index contributed by atoms with van der Waals surface area (Å²) in [5, 5.41) is 17.7. The normalized spacial score (nSPS) is 13.8. The molecule has 0 aliphatic heterocycles. The van der Waals surface area contributed by atoms with Crippen molar-refractivity contribution in [2.45, 2.75) is 30.8 Å². The van der Waals surface area contributed by atoms with E-state index in [1.807, 2.05) is 13.8 Å². The second-order valence-corrected chi connectivity index (χ2v) is 6.18. The molecule has 0 saturated heterocycles. The summed E-state index contributed by atoms with van der Waals surface area (Å²) in [7, 11) is -3.63. The van der Waals surface area contributed by atoms with Gasteiger partial charge in [0.1, 0.15) is 0 Å². The van der Waals surface area contributed by atoms with Gasteiger partial charge in [0.25, 0.3) is 0 Å². The van der Waals surface area contributed by atoms with Crippen LogP contribution in [0.5, 0.6) is 0 Å². The maximum absolute atomic E-state index is 11.8. The van der Waals surface area contributed by atoms with E-state index in [-0.39, 0.29) is 11.4 Å². The molecule has 0 aliphatic carbocycles. The third-order valence-electron chi connectivity index (χ3n) is 2.58. The summed E-state index contributed by atoms with van der Waals surface area (Å²) >= 11 is 0. The van der Waals surface area contributed by atoms with E-state index in [4.69, 9.17) is 10.2 Å². The number of aliphatic hydroxyl groups is 2. The monoisotopic (exact) mass is 273 g/mol. The number of hydrogen-bond acceptors (Lipinski definition) is 4. The van der Waals surface area contributed by atoms with Crippen LogP contribution in [-0.4, -0.2) is 37.9 Å². The zero-order valence-corrected chi connectivity index (χ0v) is 11.3. The minimum atomic E-state index is -3.63. The molecule has 0 aromatic heterocycles. The highest BCUT2D eigenvalue weighted by Gasteiger charge is 2.15. The summed E-state index contributed by atoms with van der Waals surface area (Å²) in [4.78, 5) is 0.150. The summed E-state index contributed by atoms with van der Waals surface area (Å²) in [5.41, 5.74) is 1.06. The number of hydrogen-bond donors (Lipinski definition) is 3. The first kappa shape index (κ1) is 15.1. The highest BCUT2D eigenvalue weighted by molar-refractivity contribution is 7.89. The Bertz CT molecular complexity index is 467. The van der Waals surface area contributed by atoms with Gasteiger partial charge in [0.2, 0.25) is 10.0 Å². The van der Waals surface area contributed by atoms with Crippen molar-refractivity contribution < 1.29 is 18.6 Å². The maximum Gasteiger partial charge on any atom is 0.240 e. The Hall–Kier alpha value is -0.950. The standard InChI is InChI=1S/C12H19NO4S/c1-9(2)10-3-5-12(6-4-10)18(16,17)13-7-11(15)8-14/h3-6,9,11,13-15H,7-8H2,1-2H3. The smallest absolute Gasteiger partial charge is 0.240 e. The molecule has 18 heavy (non-hydrogen) atoms. The van der Waals surface area contributed by atoms with Crippen molar-refractivity contribution >= 4 is 10.0 Å². The molecule has 0 fully saturated rings. The van der Waals surface area contributed by atoms with Crippen molar-refractivity contribution in [1.82, 2.24) is 4.72 Å². The molecule has 0 bridgehead atoms. The Morgan fingerprint density at radius 3 is 2.22 bits per heavy atom. The average Bonchev–Trinajstić information content (AvgIpc) is 2.36. The third-order valence-corrected chi connectivity index (χ3v) is 4.02. The first-order chi connectivity index (χ1) is 8.36. The molecule has 0 spiro atoms. The van der Waals surface area contributed by atoms with Crippen LogP contribution >= 0.6 is 0 Å². The predicted molar refractivity (Wildman–Crippen MR) is 68.8 cm³/mol. The number of sulfonamides is 1. The van der Waals surface area contributed by atoms with Gasteiger partial charge in [-0.1, -0.05) is 26.0 Å². The van der Waals surface area contributed by atoms with E-state index in [9.17, 15) is 8.42 Å². The molecule has 1 rings (SSSR count). The van der Waals surface area contributed by atoms with Crippen LogP contribution in [0.25, 0.3) is 0 Å². The molecule has 0 aliphatic rings. The van der Waals surface area contributed by atoms with E-state index in [2.05, 4.69) is 4.72 Å². The Labute approximate surface area is 108 Å². The van der Waals surface area contributed by atoms with Gasteiger partial charge in [-0.15, -0.1) is 0 Å². The van der Waals surface area contributed by atoms with Crippen LogP contribution in [0.2, 0.25) is 0 Å². The van der Waals surface area contributed by atoms with Gasteiger partial charge in [-0.2, -0.15) is 0 Å². The van der Waals surface area contributed by atoms with E-state index in [1.165, 1.54) is 12.1 Å². The first-order valence-corrected chi connectivity index (χ1v) is 7.23. The summed E-state index contributed by atoms with van der Waals surface area (Å²) < 4.78 is 25.9. The zero-order chi connectivity index (χ0) is 13.8. The van der Waals surface area contributed by atoms with Gasteiger partial charge in [-0.3, -0.25) is 0 Å². The molecular formula is C12H19NO4S. The van der Waals surface area contributed by atoms with Crippen molar-refractivity contribution in [3.8, 4) is 0 Å². The van der Waals surface area contributed by atoms with Crippen LogP contribution in [0.3, 0.4) is 0 Å². The van der Waals surface area contributed by atoms with Gasteiger partial charge in [-0.05, 0) is 23.6 Å². The molecule has 1 unspecified atom stereocenters. The van der Waals surface area contributed by atoms with Crippen LogP contribution in [0.1, 0.15) is 25.3 Å². The molecule has 3 N–H and O–H groups in total. The zero-order valence-electron chi connectivity index (χ0n) is 10.5. The quantitative estimate of drug-likeness (QED) is 0.702. The molecule has 0 radical (unpaired) electrons. The number of rotatable bonds is 6. The molecule has 1 aromatic carbocycles. The minimum absolute atomic E-state index is 0.150. The van der Waals surface area contributed by atoms with E-state index < -0.39 is 22.7 Å².